The summed E-state index contributed by atoms with van der Waals surface area (Å²) >= 11 is 0. The lowest BCUT2D eigenvalue weighted by molar-refractivity contribution is 0.292. The van der Waals surface area contributed by atoms with Crippen molar-refractivity contribution in [3.63, 3.8) is 0 Å². The summed E-state index contributed by atoms with van der Waals surface area (Å²) < 4.78 is 5.10. The first-order valence-electron chi connectivity index (χ1n) is 6.52. The standard InChI is InChI=1S/C16H24O2Si/c1-16(2,3)19(5,6)15(17)12-9-13-7-10-14(18-4)11-8-13/h7-8,10-11,15,17H,1-6H3. The second-order valence-corrected chi connectivity index (χ2v) is 11.9. The van der Waals surface area contributed by atoms with Gasteiger partial charge in [0.05, 0.1) is 7.11 Å². The summed E-state index contributed by atoms with van der Waals surface area (Å²) in [5.74, 6) is 6.88. The second kappa shape index (κ2) is 5.81. The van der Waals surface area contributed by atoms with E-state index in [2.05, 4.69) is 45.7 Å². The Balaban J connectivity index is 2.87. The Morgan fingerprint density at radius 1 is 1.16 bits per heavy atom. The fraction of sp³-hybridized carbons (Fsp3) is 0.500. The SMILES string of the molecule is COc1ccc(C#CC(O)[Si](C)(C)C(C)(C)C)cc1. The molecular formula is C16H24O2Si. The molecule has 19 heavy (non-hydrogen) atoms. The van der Waals surface area contributed by atoms with Crippen LogP contribution < -0.4 is 4.74 Å². The summed E-state index contributed by atoms with van der Waals surface area (Å²) in [4.78, 5) is 0. The number of aliphatic hydroxyl groups excluding tert-OH is 1. The quantitative estimate of drug-likeness (QED) is 0.662. The molecule has 3 heteroatoms. The van der Waals surface area contributed by atoms with E-state index in [1.807, 2.05) is 24.3 Å². The lowest BCUT2D eigenvalue weighted by atomic mass is 10.2. The molecular weight excluding hydrogens is 252 g/mol. The van der Waals surface area contributed by atoms with Crippen LogP contribution in [0.2, 0.25) is 18.1 Å². The zero-order chi connectivity index (χ0) is 14.7. The monoisotopic (exact) mass is 276 g/mol. The van der Waals surface area contributed by atoms with Crippen LogP contribution in [0.1, 0.15) is 26.3 Å². The number of hydrogen-bond acceptors (Lipinski definition) is 2. The molecule has 1 atom stereocenters. The van der Waals surface area contributed by atoms with Gasteiger partial charge in [-0.15, -0.1) is 0 Å². The second-order valence-electron chi connectivity index (χ2n) is 6.37. The van der Waals surface area contributed by atoms with Gasteiger partial charge in [-0.25, -0.2) is 0 Å². The molecule has 0 amide bonds. The number of hydrogen-bond donors (Lipinski definition) is 1. The van der Waals surface area contributed by atoms with E-state index in [0.29, 0.717) is 0 Å². The van der Waals surface area contributed by atoms with E-state index in [0.717, 1.165) is 11.3 Å². The first kappa shape index (κ1) is 15.8. The molecule has 2 nitrogen and oxygen atoms in total. The maximum atomic E-state index is 10.3. The summed E-state index contributed by atoms with van der Waals surface area (Å²) in [6.45, 7) is 10.9. The Morgan fingerprint density at radius 3 is 2.11 bits per heavy atom. The maximum Gasteiger partial charge on any atom is 0.118 e. The molecule has 0 heterocycles. The van der Waals surface area contributed by atoms with Gasteiger partial charge in [-0.1, -0.05) is 45.7 Å². The van der Waals surface area contributed by atoms with Gasteiger partial charge in [0.25, 0.3) is 0 Å². The molecule has 0 bridgehead atoms. The fourth-order valence-corrected chi connectivity index (χ4v) is 2.67. The molecule has 0 radical (unpaired) electrons. The first-order valence-corrected chi connectivity index (χ1v) is 9.60. The smallest absolute Gasteiger partial charge is 0.118 e. The third kappa shape index (κ3) is 3.86. The van der Waals surface area contributed by atoms with E-state index < -0.39 is 13.8 Å². The van der Waals surface area contributed by atoms with Crippen LogP contribution in [0.3, 0.4) is 0 Å². The van der Waals surface area contributed by atoms with Crippen LogP contribution >= 0.6 is 0 Å². The van der Waals surface area contributed by atoms with E-state index in [4.69, 9.17) is 4.74 Å². The topological polar surface area (TPSA) is 29.5 Å². The molecule has 1 aromatic rings. The van der Waals surface area contributed by atoms with Gasteiger partial charge in [0, 0.05) is 5.56 Å². The molecule has 104 valence electrons. The van der Waals surface area contributed by atoms with Crippen molar-refractivity contribution in [3.05, 3.63) is 29.8 Å². The minimum absolute atomic E-state index is 0.126. The minimum atomic E-state index is -1.82. The van der Waals surface area contributed by atoms with Crippen molar-refractivity contribution < 1.29 is 9.84 Å². The van der Waals surface area contributed by atoms with Crippen molar-refractivity contribution in [1.82, 2.24) is 0 Å². The van der Waals surface area contributed by atoms with E-state index in [1.54, 1.807) is 7.11 Å². The molecule has 1 rings (SSSR count). The van der Waals surface area contributed by atoms with Gasteiger partial charge in [-0.2, -0.15) is 0 Å². The number of rotatable bonds is 2. The van der Waals surface area contributed by atoms with Gasteiger partial charge < -0.3 is 9.84 Å². The molecule has 0 aromatic heterocycles. The van der Waals surface area contributed by atoms with Gasteiger partial charge in [0.1, 0.15) is 19.6 Å². The Bertz CT molecular complexity index is 472. The Hall–Kier alpha value is -1.24. The molecule has 0 spiro atoms. The summed E-state index contributed by atoms with van der Waals surface area (Å²) in [6.07, 6.45) is 0. The molecule has 0 aliphatic heterocycles. The van der Waals surface area contributed by atoms with Crippen molar-refractivity contribution in [2.45, 2.75) is 44.6 Å². The highest BCUT2D eigenvalue weighted by Gasteiger charge is 2.40. The number of aliphatic hydroxyl groups is 1. The van der Waals surface area contributed by atoms with Gasteiger partial charge in [-0.05, 0) is 29.3 Å². The molecule has 1 N–H and O–H groups in total. The van der Waals surface area contributed by atoms with Crippen LogP contribution in [0.4, 0.5) is 0 Å². The average Bonchev–Trinajstić information content (AvgIpc) is 2.35. The van der Waals surface area contributed by atoms with Gasteiger partial charge in [0.15, 0.2) is 0 Å². The number of methoxy groups -OCH3 is 1. The molecule has 0 fully saturated rings. The Morgan fingerprint density at radius 2 is 1.68 bits per heavy atom. The lowest BCUT2D eigenvalue weighted by Gasteiger charge is -2.38. The molecule has 0 saturated carbocycles. The zero-order valence-electron chi connectivity index (χ0n) is 12.7. The highest BCUT2D eigenvalue weighted by atomic mass is 28.3. The Kier molecular flexibility index (Phi) is 4.84. The maximum absolute atomic E-state index is 10.3. The molecule has 0 aliphatic carbocycles. The Labute approximate surface area is 117 Å². The summed E-state index contributed by atoms with van der Waals surface area (Å²) in [5.41, 5.74) is 0.383. The molecule has 1 unspecified atom stereocenters. The summed E-state index contributed by atoms with van der Waals surface area (Å²) in [5, 5.41) is 10.5. The largest absolute Gasteiger partial charge is 0.497 e. The van der Waals surface area contributed by atoms with Crippen molar-refractivity contribution in [1.29, 1.82) is 0 Å². The van der Waals surface area contributed by atoms with E-state index in [1.165, 1.54) is 0 Å². The van der Waals surface area contributed by atoms with E-state index in [-0.39, 0.29) is 5.04 Å². The minimum Gasteiger partial charge on any atom is -0.497 e. The predicted molar refractivity (Wildman–Crippen MR) is 83.1 cm³/mol. The van der Waals surface area contributed by atoms with Crippen molar-refractivity contribution in [2.75, 3.05) is 7.11 Å². The van der Waals surface area contributed by atoms with Crippen LogP contribution in [0.15, 0.2) is 24.3 Å². The van der Waals surface area contributed by atoms with Gasteiger partial charge in [-0.3, -0.25) is 0 Å². The van der Waals surface area contributed by atoms with Crippen molar-refractivity contribution in [2.24, 2.45) is 0 Å². The van der Waals surface area contributed by atoms with E-state index >= 15 is 0 Å². The third-order valence-electron chi connectivity index (χ3n) is 4.06. The van der Waals surface area contributed by atoms with Crippen LogP contribution in [0.25, 0.3) is 0 Å². The van der Waals surface area contributed by atoms with Crippen molar-refractivity contribution >= 4 is 8.07 Å². The summed E-state index contributed by atoms with van der Waals surface area (Å²) in [6, 6.07) is 7.57. The highest BCUT2D eigenvalue weighted by Crippen LogP contribution is 2.37. The zero-order valence-corrected chi connectivity index (χ0v) is 13.7. The predicted octanol–water partition coefficient (Wildman–Crippen LogP) is 3.46. The van der Waals surface area contributed by atoms with Crippen LogP contribution in [-0.4, -0.2) is 26.0 Å². The average molecular weight is 276 g/mol. The number of benzene rings is 1. The van der Waals surface area contributed by atoms with Crippen LogP contribution in [0.5, 0.6) is 5.75 Å². The van der Waals surface area contributed by atoms with E-state index in [9.17, 15) is 5.11 Å². The van der Waals surface area contributed by atoms with Crippen molar-refractivity contribution in [3.8, 4) is 17.6 Å². The van der Waals surface area contributed by atoms with Crippen LogP contribution in [-0.2, 0) is 0 Å². The first-order chi connectivity index (χ1) is 8.68. The molecule has 1 aromatic carbocycles. The summed E-state index contributed by atoms with van der Waals surface area (Å²) in [7, 11) is -0.182. The number of ether oxygens (including phenoxy) is 1. The highest BCUT2D eigenvalue weighted by molar-refractivity contribution is 6.81. The van der Waals surface area contributed by atoms with Crippen LogP contribution in [0, 0.1) is 11.8 Å². The van der Waals surface area contributed by atoms with Gasteiger partial charge in [0.2, 0.25) is 0 Å². The van der Waals surface area contributed by atoms with Gasteiger partial charge >= 0.3 is 0 Å². The fourth-order valence-electron chi connectivity index (χ4n) is 1.42. The lowest BCUT2D eigenvalue weighted by Crippen LogP contribution is -2.48. The molecule has 0 saturated heterocycles. The normalized spacial score (nSPS) is 13.4. The molecule has 0 aliphatic rings. The third-order valence-corrected chi connectivity index (χ3v) is 9.44.